The summed E-state index contributed by atoms with van der Waals surface area (Å²) in [5.41, 5.74) is 7.30. The van der Waals surface area contributed by atoms with Crippen LogP contribution < -0.4 is 11.3 Å². The van der Waals surface area contributed by atoms with E-state index in [0.29, 0.717) is 28.8 Å². The lowest BCUT2D eigenvalue weighted by molar-refractivity contribution is -0.137. The van der Waals surface area contributed by atoms with E-state index in [1.165, 1.54) is 12.1 Å². The van der Waals surface area contributed by atoms with Crippen LogP contribution in [0.15, 0.2) is 34.6 Å². The molecule has 7 heteroatoms. The molecular weight excluding hydrogens is 358 g/mol. The number of ether oxygens (including phenoxy) is 1. The van der Waals surface area contributed by atoms with Crippen molar-refractivity contribution in [2.45, 2.75) is 27.2 Å². The number of rotatable bonds is 6. The minimum absolute atomic E-state index is 0.127. The first kappa shape index (κ1) is 20.6. The molecule has 3 N–H and O–H groups in total. The van der Waals surface area contributed by atoms with E-state index in [9.17, 15) is 14.4 Å². The molecule has 0 spiro atoms. The van der Waals surface area contributed by atoms with Crippen molar-refractivity contribution in [1.82, 2.24) is 4.98 Å². The summed E-state index contributed by atoms with van der Waals surface area (Å²) in [7, 11) is 0. The van der Waals surface area contributed by atoms with E-state index < -0.39 is 17.3 Å². The lowest BCUT2D eigenvalue weighted by Gasteiger charge is -2.13. The highest BCUT2D eigenvalue weighted by atomic mass is 16.5. The van der Waals surface area contributed by atoms with Gasteiger partial charge in [-0.05, 0) is 43.5 Å². The van der Waals surface area contributed by atoms with Crippen LogP contribution in [0.25, 0.3) is 6.08 Å². The Morgan fingerprint density at radius 1 is 1.32 bits per heavy atom. The van der Waals surface area contributed by atoms with Crippen molar-refractivity contribution in [3.8, 4) is 6.07 Å². The molecule has 1 aromatic carbocycles. The fourth-order valence-electron chi connectivity index (χ4n) is 2.90. The predicted molar refractivity (Wildman–Crippen MR) is 106 cm³/mol. The largest absolute Gasteiger partial charge is 0.462 e. The molecule has 0 aliphatic heterocycles. The number of esters is 1. The summed E-state index contributed by atoms with van der Waals surface area (Å²) in [6.07, 6.45) is 1.87. The number of carbonyl (C=O) groups excluding carboxylic acids is 2. The van der Waals surface area contributed by atoms with Crippen LogP contribution in [0, 0.1) is 18.3 Å². The van der Waals surface area contributed by atoms with Gasteiger partial charge in [-0.3, -0.25) is 9.59 Å². The molecule has 7 nitrogen and oxygen atoms in total. The number of hydrogen-bond donors (Lipinski definition) is 2. The van der Waals surface area contributed by atoms with Gasteiger partial charge in [0.2, 0.25) is 0 Å². The molecule has 0 amide bonds. The fourth-order valence-corrected chi connectivity index (χ4v) is 2.90. The summed E-state index contributed by atoms with van der Waals surface area (Å²) < 4.78 is 4.84. The van der Waals surface area contributed by atoms with Gasteiger partial charge in [0.05, 0.1) is 12.2 Å². The molecule has 2 aromatic rings. The van der Waals surface area contributed by atoms with Gasteiger partial charge in [0, 0.05) is 11.3 Å². The number of nitrogens with two attached hydrogens (primary N) is 1. The minimum Gasteiger partial charge on any atom is -0.462 e. The molecule has 0 fully saturated rings. The fraction of sp³-hybridized carbons (Fsp3) is 0.238. The maximum absolute atomic E-state index is 13.1. The Hall–Kier alpha value is -3.66. The monoisotopic (exact) mass is 379 g/mol. The summed E-state index contributed by atoms with van der Waals surface area (Å²) in [6, 6.07) is 8.20. The molecular formula is C21H21N3O4. The zero-order valence-electron chi connectivity index (χ0n) is 16.0. The molecule has 144 valence electrons. The summed E-state index contributed by atoms with van der Waals surface area (Å²) >= 11 is 0. The van der Waals surface area contributed by atoms with E-state index in [2.05, 4.69) is 4.98 Å². The Kier molecular flexibility index (Phi) is 6.51. The van der Waals surface area contributed by atoms with Gasteiger partial charge in [-0.25, -0.2) is 4.79 Å². The van der Waals surface area contributed by atoms with Crippen molar-refractivity contribution in [3.63, 3.8) is 0 Å². The van der Waals surface area contributed by atoms with E-state index in [1.54, 1.807) is 38.1 Å². The highest BCUT2D eigenvalue weighted by molar-refractivity contribution is 6.13. The third kappa shape index (κ3) is 4.18. The van der Waals surface area contributed by atoms with Crippen LogP contribution in [-0.2, 0) is 16.0 Å². The lowest BCUT2D eigenvalue weighted by atomic mass is 9.94. The Balaban J connectivity index is 2.54. The van der Waals surface area contributed by atoms with Crippen LogP contribution in [0.2, 0.25) is 0 Å². The number of anilines is 1. The average Bonchev–Trinajstić information content (AvgIpc) is 2.68. The molecule has 0 radical (unpaired) electrons. The number of aromatic nitrogens is 1. The number of nitrogen functional groups attached to an aromatic ring is 1. The van der Waals surface area contributed by atoms with Crippen LogP contribution in [0.1, 0.15) is 46.6 Å². The van der Waals surface area contributed by atoms with Crippen molar-refractivity contribution < 1.29 is 14.3 Å². The molecule has 0 saturated heterocycles. The Morgan fingerprint density at radius 3 is 2.64 bits per heavy atom. The van der Waals surface area contributed by atoms with Gasteiger partial charge < -0.3 is 15.5 Å². The van der Waals surface area contributed by atoms with Crippen molar-refractivity contribution in [2.24, 2.45) is 0 Å². The predicted octanol–water partition coefficient (Wildman–Crippen LogP) is 2.53. The van der Waals surface area contributed by atoms with E-state index in [1.807, 2.05) is 6.92 Å². The number of aromatic amines is 1. The van der Waals surface area contributed by atoms with Gasteiger partial charge in [0.15, 0.2) is 5.78 Å². The van der Waals surface area contributed by atoms with Crippen molar-refractivity contribution in [1.29, 1.82) is 5.26 Å². The molecule has 1 heterocycles. The van der Waals surface area contributed by atoms with Gasteiger partial charge in [-0.1, -0.05) is 25.1 Å². The summed E-state index contributed by atoms with van der Waals surface area (Å²) in [4.78, 5) is 39.5. The van der Waals surface area contributed by atoms with Crippen LogP contribution in [0.3, 0.4) is 0 Å². The van der Waals surface area contributed by atoms with Crippen LogP contribution in [0.5, 0.6) is 0 Å². The van der Waals surface area contributed by atoms with Gasteiger partial charge in [0.25, 0.3) is 5.56 Å². The highest BCUT2D eigenvalue weighted by Gasteiger charge is 2.21. The van der Waals surface area contributed by atoms with Crippen molar-refractivity contribution in [2.75, 3.05) is 12.3 Å². The Morgan fingerprint density at radius 2 is 2.04 bits per heavy atom. The highest BCUT2D eigenvalue weighted by Crippen LogP contribution is 2.22. The first-order valence-electron chi connectivity index (χ1n) is 8.78. The molecule has 0 saturated carbocycles. The molecule has 0 aliphatic rings. The molecule has 0 bridgehead atoms. The van der Waals surface area contributed by atoms with Gasteiger partial charge in [0.1, 0.15) is 17.3 Å². The molecule has 0 unspecified atom stereocenters. The van der Waals surface area contributed by atoms with Crippen LogP contribution >= 0.6 is 0 Å². The maximum Gasteiger partial charge on any atom is 0.348 e. The molecule has 0 aliphatic carbocycles. The topological polar surface area (TPSA) is 126 Å². The van der Waals surface area contributed by atoms with Crippen LogP contribution in [-0.4, -0.2) is 23.3 Å². The van der Waals surface area contributed by atoms with Crippen molar-refractivity contribution in [3.05, 3.63) is 68.1 Å². The lowest BCUT2D eigenvalue weighted by Crippen LogP contribution is -2.22. The standard InChI is InChI=1S/C21H21N3O4/c1-4-16-12(3)24-20(26)18(23)17(16)19(25)14-8-6-7-13(9-14)10-15(11-22)21(27)28-5-2/h6-10H,4-5,23H2,1-3H3,(H,24,26)/b15-10-. The molecule has 2 rings (SSSR count). The number of aryl methyl sites for hydroxylation is 1. The summed E-state index contributed by atoms with van der Waals surface area (Å²) in [5.74, 6) is -1.13. The Labute approximate surface area is 162 Å². The normalized spacial score (nSPS) is 11.0. The molecule has 28 heavy (non-hydrogen) atoms. The number of nitriles is 1. The van der Waals surface area contributed by atoms with E-state index in [4.69, 9.17) is 15.7 Å². The second kappa shape index (κ2) is 8.82. The molecule has 1 aromatic heterocycles. The van der Waals surface area contributed by atoms with Gasteiger partial charge in [-0.2, -0.15) is 5.26 Å². The zero-order valence-corrected chi connectivity index (χ0v) is 16.0. The number of benzene rings is 1. The first-order valence-corrected chi connectivity index (χ1v) is 8.78. The third-order valence-corrected chi connectivity index (χ3v) is 4.23. The average molecular weight is 379 g/mol. The second-order valence-electron chi connectivity index (χ2n) is 6.04. The van der Waals surface area contributed by atoms with E-state index in [-0.39, 0.29) is 23.4 Å². The first-order chi connectivity index (χ1) is 13.3. The SMILES string of the molecule is CCOC(=O)/C(C#N)=C\c1cccc(C(=O)c2c(CC)c(C)[nH]c(=O)c2N)c1. The second-order valence-corrected chi connectivity index (χ2v) is 6.04. The number of nitrogens with zero attached hydrogens (tertiary/aromatic N) is 1. The maximum atomic E-state index is 13.1. The van der Waals surface area contributed by atoms with E-state index in [0.717, 1.165) is 0 Å². The van der Waals surface area contributed by atoms with E-state index >= 15 is 0 Å². The van der Waals surface area contributed by atoms with Gasteiger partial charge >= 0.3 is 5.97 Å². The summed E-state index contributed by atoms with van der Waals surface area (Å²) in [5, 5.41) is 9.17. The number of pyridine rings is 1. The van der Waals surface area contributed by atoms with Crippen LogP contribution in [0.4, 0.5) is 5.69 Å². The summed E-state index contributed by atoms with van der Waals surface area (Å²) in [6.45, 7) is 5.38. The van der Waals surface area contributed by atoms with Gasteiger partial charge in [-0.15, -0.1) is 0 Å². The number of ketones is 1. The smallest absolute Gasteiger partial charge is 0.348 e. The Bertz CT molecular complexity index is 1060. The third-order valence-electron chi connectivity index (χ3n) is 4.23. The number of nitrogens with one attached hydrogen (secondary N) is 1. The molecule has 0 atom stereocenters. The number of carbonyl (C=O) groups is 2. The van der Waals surface area contributed by atoms with Crippen molar-refractivity contribution >= 4 is 23.5 Å². The zero-order chi connectivity index (χ0) is 20.8. The number of H-pyrrole nitrogens is 1. The quantitative estimate of drug-likeness (QED) is 0.344. The minimum atomic E-state index is -0.732. The number of hydrogen-bond acceptors (Lipinski definition) is 6.